The van der Waals surface area contributed by atoms with Gasteiger partial charge in [-0.05, 0) is 136 Å². The van der Waals surface area contributed by atoms with Crippen LogP contribution in [0.3, 0.4) is 0 Å². The number of carbonyl (C=O) groups excluding carboxylic acids is 6. The summed E-state index contributed by atoms with van der Waals surface area (Å²) in [6.45, 7) is -5.02. The lowest BCUT2D eigenvalue weighted by Gasteiger charge is -2.28. The first-order chi connectivity index (χ1) is 27.8. The van der Waals surface area contributed by atoms with Crippen molar-refractivity contribution in [1.82, 2.24) is 21.3 Å². The molecule has 0 aromatic heterocycles. The number of hydrogen-bond donors (Lipinski definition) is 12. The molecule has 0 fully saturated rings. The molecule has 328 valence electrons. The first-order valence-corrected chi connectivity index (χ1v) is 23.3. The van der Waals surface area contributed by atoms with E-state index >= 15 is 0 Å². The van der Waals surface area contributed by atoms with Gasteiger partial charge in [-0.2, -0.15) is 0 Å². The van der Waals surface area contributed by atoms with Crippen molar-refractivity contribution in [3.8, 4) is 0 Å². The van der Waals surface area contributed by atoms with Gasteiger partial charge in [-0.25, -0.2) is 0 Å². The highest BCUT2D eigenvalue weighted by molar-refractivity contribution is 14.1. The Morgan fingerprint density at radius 2 is 0.593 bits per heavy atom. The fraction of sp³-hybridized carbons (Fsp3) is 0.455. The predicted molar refractivity (Wildman–Crippen MR) is 262 cm³/mol. The Kier molecular flexibility index (Phi) is 23.6. The summed E-state index contributed by atoms with van der Waals surface area (Å²) < 4.78 is 0.731. The lowest BCUT2D eigenvalue weighted by Crippen LogP contribution is -2.43. The van der Waals surface area contributed by atoms with Crippen molar-refractivity contribution in [3.63, 3.8) is 0 Å². The van der Waals surface area contributed by atoms with E-state index in [0.29, 0.717) is 0 Å². The number of hydrogen-bond acceptors (Lipinski definition) is 14. The molecule has 0 bridgehead atoms. The number of anilines is 2. The average molecular weight is 1510 g/mol. The Morgan fingerprint density at radius 3 is 0.763 bits per heavy atom. The van der Waals surface area contributed by atoms with E-state index in [2.05, 4.69) is 21.3 Å². The van der Waals surface area contributed by atoms with Gasteiger partial charge in [0, 0.05) is 21.2 Å². The molecular formula is C33H40I6N6O14. The number of nitrogens with zero attached hydrogens (tertiary/aromatic N) is 2. The highest BCUT2D eigenvalue weighted by Crippen LogP contribution is 2.40. The SMILES string of the molecule is CN(C(=O)CC(=O)N(C)c1c(I)c(C(=O)NC(CO)CO)c(I)c(C(=O)NC(CO)CO)c1I)c1c(I)c(C(=O)NC(CO)CO)c(I)c(C(=O)NC(CO)CO)c1I. The lowest BCUT2D eigenvalue weighted by atomic mass is 10.1. The van der Waals surface area contributed by atoms with Crippen molar-refractivity contribution < 1.29 is 69.6 Å². The number of amides is 6. The van der Waals surface area contributed by atoms with Crippen LogP contribution in [-0.4, -0.2) is 167 Å². The molecule has 0 heterocycles. The Balaban J connectivity index is 2.78. The summed E-state index contributed by atoms with van der Waals surface area (Å²) >= 11 is 10.6. The van der Waals surface area contributed by atoms with Crippen molar-refractivity contribution in [2.45, 2.75) is 30.6 Å². The van der Waals surface area contributed by atoms with Crippen molar-refractivity contribution in [2.75, 3.05) is 76.8 Å². The topological polar surface area (TPSA) is 319 Å². The number of nitrogens with one attached hydrogen (secondary N) is 4. The zero-order valence-electron chi connectivity index (χ0n) is 30.9. The van der Waals surface area contributed by atoms with Crippen LogP contribution < -0.4 is 31.1 Å². The molecule has 0 atom stereocenters. The largest absolute Gasteiger partial charge is 0.394 e. The molecule has 0 radical (unpaired) electrons. The van der Waals surface area contributed by atoms with Crippen LogP contribution in [0.1, 0.15) is 47.9 Å². The minimum absolute atomic E-state index is 0.0115. The van der Waals surface area contributed by atoms with Gasteiger partial charge in [-0.3, -0.25) is 28.8 Å². The summed E-state index contributed by atoms with van der Waals surface area (Å²) in [4.78, 5) is 84.6. The van der Waals surface area contributed by atoms with E-state index in [1.165, 1.54) is 14.1 Å². The molecule has 0 aliphatic rings. The van der Waals surface area contributed by atoms with E-state index in [0.717, 1.165) is 9.80 Å². The van der Waals surface area contributed by atoms with Gasteiger partial charge in [0.25, 0.3) is 23.6 Å². The molecule has 2 rings (SSSR count). The maximum atomic E-state index is 14.0. The number of halogens is 6. The molecule has 26 heteroatoms. The highest BCUT2D eigenvalue weighted by atomic mass is 127. The van der Waals surface area contributed by atoms with Crippen LogP contribution in [0.4, 0.5) is 11.4 Å². The summed E-state index contributed by atoms with van der Waals surface area (Å²) in [6.07, 6.45) is -0.849. The number of rotatable bonds is 20. The Labute approximate surface area is 419 Å². The summed E-state index contributed by atoms with van der Waals surface area (Å²) in [5.41, 5.74) is -0.476. The first-order valence-electron chi connectivity index (χ1n) is 16.8. The van der Waals surface area contributed by atoms with Crippen LogP contribution in [0.5, 0.6) is 0 Å². The van der Waals surface area contributed by atoms with Crippen molar-refractivity contribution in [1.29, 1.82) is 0 Å². The second-order valence-electron chi connectivity index (χ2n) is 12.3. The number of aliphatic hydroxyl groups is 8. The van der Waals surface area contributed by atoms with Crippen LogP contribution in [0, 0.1) is 21.4 Å². The molecule has 0 unspecified atom stereocenters. The zero-order valence-corrected chi connectivity index (χ0v) is 43.8. The van der Waals surface area contributed by atoms with E-state index in [4.69, 9.17) is 0 Å². The molecule has 0 saturated heterocycles. The summed E-state index contributed by atoms with van der Waals surface area (Å²) in [5, 5.41) is 86.7. The van der Waals surface area contributed by atoms with E-state index < -0.39 is 119 Å². The molecule has 2 aromatic carbocycles. The fourth-order valence-corrected chi connectivity index (χ4v) is 14.7. The van der Waals surface area contributed by atoms with Gasteiger partial charge in [-0.15, -0.1) is 0 Å². The first kappa shape index (κ1) is 54.5. The van der Waals surface area contributed by atoms with Crippen LogP contribution >= 0.6 is 136 Å². The average Bonchev–Trinajstić information content (AvgIpc) is 3.19. The van der Waals surface area contributed by atoms with Crippen molar-refractivity contribution in [2.24, 2.45) is 0 Å². The summed E-state index contributed by atoms with van der Waals surface area (Å²) in [7, 11) is 2.58. The highest BCUT2D eigenvalue weighted by Gasteiger charge is 2.35. The quantitative estimate of drug-likeness (QED) is 0.0540. The number of carbonyl (C=O) groups is 6. The molecule has 0 aliphatic carbocycles. The maximum Gasteiger partial charge on any atom is 0.253 e. The van der Waals surface area contributed by atoms with Gasteiger partial charge < -0.3 is 71.9 Å². The van der Waals surface area contributed by atoms with Gasteiger partial charge in [0.05, 0.1) is 125 Å². The lowest BCUT2D eigenvalue weighted by molar-refractivity contribution is -0.126. The molecular weight excluding hydrogens is 1470 g/mol. The molecule has 2 aromatic rings. The third-order valence-electron chi connectivity index (χ3n) is 8.32. The Morgan fingerprint density at radius 1 is 0.407 bits per heavy atom. The molecule has 0 saturated carbocycles. The van der Waals surface area contributed by atoms with E-state index in [-0.39, 0.29) is 55.0 Å². The molecule has 12 N–H and O–H groups in total. The van der Waals surface area contributed by atoms with Crippen LogP contribution in [0.25, 0.3) is 0 Å². The molecule has 6 amide bonds. The normalized spacial score (nSPS) is 11.3. The van der Waals surface area contributed by atoms with Gasteiger partial charge in [0.15, 0.2) is 0 Å². The van der Waals surface area contributed by atoms with Gasteiger partial charge in [-0.1, -0.05) is 0 Å². The number of aliphatic hydroxyl groups excluding tert-OH is 8. The van der Waals surface area contributed by atoms with Crippen molar-refractivity contribution >= 4 is 182 Å². The standard InChI is InChI=1S/C33H40I6N6O14/c1-44(28-24(36)18(30(56)40-12(4-46)5-47)22(34)19(25(28)37)31(57)41-13(6-48)7-49)16(54)3-17(55)45(2)29-26(38)20(32(58)42-14(8-50)9-51)23(35)21(27(29)39)33(59)43-15(10-52)11-53/h12-15,46-53H,3-11H2,1-2H3,(H,40,56)(H,41,57)(H,42,58)(H,43,59). The molecule has 59 heavy (non-hydrogen) atoms. The van der Waals surface area contributed by atoms with Crippen molar-refractivity contribution in [3.05, 3.63) is 43.7 Å². The third kappa shape index (κ3) is 13.2. The monoisotopic (exact) mass is 1510 g/mol. The second-order valence-corrected chi connectivity index (χ2v) is 18.8. The number of benzene rings is 2. The Hall–Kier alpha value is -0.680. The predicted octanol–water partition coefficient (Wildman–Crippen LogP) is -1.34. The van der Waals surface area contributed by atoms with Crippen LogP contribution in [0.2, 0.25) is 0 Å². The fourth-order valence-electron chi connectivity index (χ4n) is 4.93. The third-order valence-corrected chi connectivity index (χ3v) is 14.7. The van der Waals surface area contributed by atoms with Gasteiger partial charge >= 0.3 is 0 Å². The van der Waals surface area contributed by atoms with Crippen LogP contribution in [-0.2, 0) is 9.59 Å². The summed E-state index contributed by atoms with van der Waals surface area (Å²) in [5.74, 6) is -5.01. The molecule has 0 spiro atoms. The zero-order chi connectivity index (χ0) is 45.0. The second kappa shape index (κ2) is 25.6. The van der Waals surface area contributed by atoms with E-state index in [1.54, 1.807) is 136 Å². The van der Waals surface area contributed by atoms with E-state index in [9.17, 15) is 69.6 Å². The Bertz CT molecular complexity index is 1670. The van der Waals surface area contributed by atoms with Gasteiger partial charge in [0.1, 0.15) is 6.42 Å². The van der Waals surface area contributed by atoms with Gasteiger partial charge in [0.2, 0.25) is 11.8 Å². The van der Waals surface area contributed by atoms with E-state index in [1.807, 2.05) is 0 Å². The summed E-state index contributed by atoms with van der Waals surface area (Å²) in [6, 6.07) is -4.35. The molecule has 0 aliphatic heterocycles. The minimum atomic E-state index is -1.09. The van der Waals surface area contributed by atoms with Crippen LogP contribution in [0.15, 0.2) is 0 Å². The molecule has 20 nitrogen and oxygen atoms in total. The smallest absolute Gasteiger partial charge is 0.253 e. The maximum absolute atomic E-state index is 14.0. The minimum Gasteiger partial charge on any atom is -0.394 e.